The normalized spacial score (nSPS) is 22.2. The van der Waals surface area contributed by atoms with Crippen molar-refractivity contribution in [2.75, 3.05) is 38.1 Å². The first kappa shape index (κ1) is 18.0. The number of nitrogens with zero attached hydrogens (tertiary/aromatic N) is 2. The van der Waals surface area contributed by atoms with Crippen LogP contribution in [0.3, 0.4) is 0 Å². The van der Waals surface area contributed by atoms with Crippen molar-refractivity contribution >= 4 is 23.6 Å². The van der Waals surface area contributed by atoms with Crippen LogP contribution in [-0.2, 0) is 14.3 Å². The van der Waals surface area contributed by atoms with E-state index < -0.39 is 17.4 Å². The van der Waals surface area contributed by atoms with E-state index in [2.05, 4.69) is 5.32 Å². The van der Waals surface area contributed by atoms with Crippen LogP contribution < -0.4 is 10.1 Å². The van der Waals surface area contributed by atoms with Gasteiger partial charge < -0.3 is 24.6 Å². The largest absolute Gasteiger partial charge is 0.466 e. The van der Waals surface area contributed by atoms with Crippen LogP contribution in [0.15, 0.2) is 18.2 Å². The number of carbonyl (C=O) groups is 3. The van der Waals surface area contributed by atoms with Gasteiger partial charge in [0.25, 0.3) is 17.4 Å². The minimum atomic E-state index is -1.63. The molecule has 0 aliphatic carbocycles. The van der Waals surface area contributed by atoms with Crippen molar-refractivity contribution in [1.82, 2.24) is 9.80 Å². The third-order valence-corrected chi connectivity index (χ3v) is 4.63. The third kappa shape index (κ3) is 3.18. The molecular weight excluding hydrogens is 338 g/mol. The number of hydrogen-bond donors (Lipinski definition) is 1. The van der Waals surface area contributed by atoms with Gasteiger partial charge in [-0.1, -0.05) is 6.07 Å². The molecule has 0 bridgehead atoms. The molecule has 0 spiro atoms. The lowest BCUT2D eigenvalue weighted by molar-refractivity contribution is -0.155. The molecule has 26 heavy (non-hydrogen) atoms. The quantitative estimate of drug-likeness (QED) is 0.804. The Balaban J connectivity index is 1.71. The third-order valence-electron chi connectivity index (χ3n) is 4.63. The molecule has 8 heteroatoms. The number of benzene rings is 1. The van der Waals surface area contributed by atoms with Crippen LogP contribution in [0.5, 0.6) is 5.75 Å². The lowest BCUT2D eigenvalue weighted by Crippen LogP contribution is -2.62. The number of anilines is 1. The molecule has 1 N–H and O–H groups in total. The molecule has 2 aliphatic heterocycles. The Morgan fingerprint density at radius 2 is 1.88 bits per heavy atom. The van der Waals surface area contributed by atoms with E-state index in [0.29, 0.717) is 44.2 Å². The molecule has 1 aromatic rings. The fraction of sp³-hybridized carbons (Fsp3) is 0.500. The second-order valence-electron chi connectivity index (χ2n) is 6.57. The molecule has 2 aliphatic rings. The van der Waals surface area contributed by atoms with Crippen LogP contribution in [-0.4, -0.2) is 66.1 Å². The molecule has 1 unspecified atom stereocenters. The number of ether oxygens (including phenoxy) is 2. The van der Waals surface area contributed by atoms with Crippen molar-refractivity contribution in [3.8, 4) is 5.75 Å². The highest BCUT2D eigenvalue weighted by Gasteiger charge is 2.49. The number of fused-ring (bicyclic) bond motifs is 1. The predicted octanol–water partition coefficient (Wildman–Crippen LogP) is 1.39. The van der Waals surface area contributed by atoms with Gasteiger partial charge in [0.1, 0.15) is 5.75 Å². The van der Waals surface area contributed by atoms with Crippen molar-refractivity contribution < 1.29 is 23.9 Å². The van der Waals surface area contributed by atoms with Crippen LogP contribution in [0.2, 0.25) is 0 Å². The summed E-state index contributed by atoms with van der Waals surface area (Å²) in [6.45, 7) is 6.81. The molecule has 8 nitrogen and oxygen atoms in total. The summed E-state index contributed by atoms with van der Waals surface area (Å²) in [6, 6.07) is 5.41. The van der Waals surface area contributed by atoms with Crippen molar-refractivity contribution in [1.29, 1.82) is 0 Å². The van der Waals surface area contributed by atoms with E-state index >= 15 is 0 Å². The minimum absolute atomic E-state index is 0.308. The summed E-state index contributed by atoms with van der Waals surface area (Å²) in [6.07, 6.45) is -0.387. The SMILES string of the molecule is CCOC(=O)N1CCN(C(=O)C2(C)Oc3ccc(C)cc3NC2=O)CC1. The molecule has 3 amide bonds. The number of hydrogen-bond acceptors (Lipinski definition) is 5. The monoisotopic (exact) mass is 361 g/mol. The zero-order valence-corrected chi connectivity index (χ0v) is 15.2. The summed E-state index contributed by atoms with van der Waals surface area (Å²) in [5.74, 6) is -0.436. The molecule has 1 atom stereocenters. The van der Waals surface area contributed by atoms with E-state index in [9.17, 15) is 14.4 Å². The smallest absolute Gasteiger partial charge is 0.409 e. The van der Waals surface area contributed by atoms with Crippen LogP contribution in [0.25, 0.3) is 0 Å². The maximum absolute atomic E-state index is 13.0. The Morgan fingerprint density at radius 1 is 1.23 bits per heavy atom. The van der Waals surface area contributed by atoms with Crippen molar-refractivity contribution in [3.05, 3.63) is 23.8 Å². The van der Waals surface area contributed by atoms with E-state index in [1.54, 1.807) is 28.9 Å². The van der Waals surface area contributed by atoms with Gasteiger partial charge in [0.2, 0.25) is 0 Å². The fourth-order valence-corrected chi connectivity index (χ4v) is 3.09. The first-order chi connectivity index (χ1) is 12.3. The number of nitrogens with one attached hydrogen (secondary N) is 1. The topological polar surface area (TPSA) is 88.2 Å². The van der Waals surface area contributed by atoms with Gasteiger partial charge in [-0.25, -0.2) is 4.79 Å². The Labute approximate surface area is 152 Å². The van der Waals surface area contributed by atoms with Crippen LogP contribution in [0.4, 0.5) is 10.5 Å². The van der Waals surface area contributed by atoms with Gasteiger partial charge in [-0.2, -0.15) is 0 Å². The second kappa shape index (κ2) is 6.86. The zero-order valence-electron chi connectivity index (χ0n) is 15.2. The Kier molecular flexibility index (Phi) is 4.76. The van der Waals surface area contributed by atoms with Crippen LogP contribution >= 0.6 is 0 Å². The first-order valence-corrected chi connectivity index (χ1v) is 8.67. The second-order valence-corrected chi connectivity index (χ2v) is 6.57. The Morgan fingerprint density at radius 3 is 2.54 bits per heavy atom. The lowest BCUT2D eigenvalue weighted by Gasteiger charge is -2.40. The highest BCUT2D eigenvalue weighted by atomic mass is 16.6. The standard InChI is InChI=1S/C18H23N3O5/c1-4-25-17(24)21-9-7-20(8-10-21)16(23)18(3)15(22)19-13-11-12(2)5-6-14(13)26-18/h5-6,11H,4,7-10H2,1-3H3,(H,19,22). The number of rotatable bonds is 2. The summed E-state index contributed by atoms with van der Waals surface area (Å²) in [7, 11) is 0. The van der Waals surface area contributed by atoms with Crippen LogP contribution in [0.1, 0.15) is 19.4 Å². The highest BCUT2D eigenvalue weighted by molar-refractivity contribution is 6.15. The molecule has 2 heterocycles. The van der Waals surface area contributed by atoms with Gasteiger partial charge in [0.15, 0.2) is 0 Å². The van der Waals surface area contributed by atoms with Crippen molar-refractivity contribution in [2.24, 2.45) is 0 Å². The Bertz CT molecular complexity index is 742. The number of piperazine rings is 1. The molecular formula is C18H23N3O5. The molecule has 0 radical (unpaired) electrons. The van der Waals surface area contributed by atoms with Crippen LogP contribution in [0, 0.1) is 6.92 Å². The van der Waals surface area contributed by atoms with Gasteiger partial charge in [0.05, 0.1) is 12.3 Å². The zero-order chi connectivity index (χ0) is 18.9. The number of carbonyl (C=O) groups excluding carboxylic acids is 3. The van der Waals surface area contributed by atoms with E-state index in [4.69, 9.17) is 9.47 Å². The van der Waals surface area contributed by atoms with Gasteiger partial charge in [-0.15, -0.1) is 0 Å². The van der Waals surface area contributed by atoms with Gasteiger partial charge in [-0.3, -0.25) is 9.59 Å². The minimum Gasteiger partial charge on any atom is -0.466 e. The van der Waals surface area contributed by atoms with E-state index in [-0.39, 0.29) is 6.09 Å². The molecule has 3 rings (SSSR count). The number of aryl methyl sites for hydroxylation is 1. The predicted molar refractivity (Wildman–Crippen MR) is 94.0 cm³/mol. The van der Waals surface area contributed by atoms with Gasteiger partial charge >= 0.3 is 6.09 Å². The Hall–Kier alpha value is -2.77. The van der Waals surface area contributed by atoms with Gasteiger partial charge in [0, 0.05) is 26.2 Å². The highest BCUT2D eigenvalue weighted by Crippen LogP contribution is 2.35. The summed E-state index contributed by atoms with van der Waals surface area (Å²) in [5.41, 5.74) is -0.0842. The van der Waals surface area contributed by atoms with E-state index in [1.807, 2.05) is 13.0 Å². The summed E-state index contributed by atoms with van der Waals surface area (Å²) in [4.78, 5) is 40.4. The molecule has 0 aromatic heterocycles. The molecule has 1 saturated heterocycles. The summed E-state index contributed by atoms with van der Waals surface area (Å²) in [5, 5.41) is 2.76. The maximum Gasteiger partial charge on any atom is 0.409 e. The van der Waals surface area contributed by atoms with E-state index in [1.165, 1.54) is 6.92 Å². The summed E-state index contributed by atoms with van der Waals surface area (Å²) < 4.78 is 10.8. The molecule has 1 fully saturated rings. The van der Waals surface area contributed by atoms with Crippen molar-refractivity contribution in [3.63, 3.8) is 0 Å². The maximum atomic E-state index is 13.0. The average Bonchev–Trinajstić information content (AvgIpc) is 2.63. The molecule has 140 valence electrons. The molecule has 1 aromatic carbocycles. The lowest BCUT2D eigenvalue weighted by atomic mass is 10.00. The van der Waals surface area contributed by atoms with Gasteiger partial charge in [-0.05, 0) is 38.5 Å². The fourth-order valence-electron chi connectivity index (χ4n) is 3.09. The van der Waals surface area contributed by atoms with E-state index in [0.717, 1.165) is 5.56 Å². The van der Waals surface area contributed by atoms with Crippen molar-refractivity contribution in [2.45, 2.75) is 26.4 Å². The number of amides is 3. The molecule has 0 saturated carbocycles. The summed E-state index contributed by atoms with van der Waals surface area (Å²) >= 11 is 0. The average molecular weight is 361 g/mol. The first-order valence-electron chi connectivity index (χ1n) is 8.67.